The van der Waals surface area contributed by atoms with E-state index in [1.807, 2.05) is 11.4 Å². The van der Waals surface area contributed by atoms with Gasteiger partial charge in [0.15, 0.2) is 5.78 Å². The van der Waals surface area contributed by atoms with Gasteiger partial charge in [0, 0.05) is 31.2 Å². The standard InChI is InChI=1S/C12H7Br2ClOS/c13-8-4-9(17-6-8)5-12(16)7-1-2-11(15)10(14)3-7/h1-4,6H,5H2. The summed E-state index contributed by atoms with van der Waals surface area (Å²) < 4.78 is 1.76. The third-order valence-corrected chi connectivity index (χ3v) is 5.11. The van der Waals surface area contributed by atoms with Crippen molar-refractivity contribution >= 4 is 60.6 Å². The van der Waals surface area contributed by atoms with Gasteiger partial charge in [-0.1, -0.05) is 11.6 Å². The van der Waals surface area contributed by atoms with Crippen molar-refractivity contribution in [3.63, 3.8) is 0 Å². The van der Waals surface area contributed by atoms with E-state index in [9.17, 15) is 4.79 Å². The molecule has 17 heavy (non-hydrogen) atoms. The average Bonchev–Trinajstić information content (AvgIpc) is 2.68. The van der Waals surface area contributed by atoms with Gasteiger partial charge < -0.3 is 0 Å². The second-order valence-corrected chi connectivity index (χ2v) is 6.63. The summed E-state index contributed by atoms with van der Waals surface area (Å²) in [6.07, 6.45) is 0.421. The molecule has 1 aromatic carbocycles. The lowest BCUT2D eigenvalue weighted by Gasteiger charge is -2.01. The molecule has 0 saturated carbocycles. The molecule has 1 heterocycles. The molecule has 0 amide bonds. The number of Topliss-reactive ketones (excluding diaryl/α,β-unsaturated/α-hetero) is 1. The Morgan fingerprint density at radius 2 is 2.06 bits per heavy atom. The van der Waals surface area contributed by atoms with Crippen LogP contribution < -0.4 is 0 Å². The van der Waals surface area contributed by atoms with Crippen molar-refractivity contribution in [3.05, 3.63) is 54.1 Å². The second-order valence-electron chi connectivity index (χ2n) is 3.46. The van der Waals surface area contributed by atoms with Crippen LogP contribution in [0.15, 0.2) is 38.6 Å². The number of hydrogen-bond donors (Lipinski definition) is 0. The summed E-state index contributed by atoms with van der Waals surface area (Å²) in [5.74, 6) is 0.0942. The number of thiophene rings is 1. The van der Waals surface area contributed by atoms with Crippen LogP contribution in [0.4, 0.5) is 0 Å². The molecule has 2 rings (SSSR count). The molecule has 0 unspecified atom stereocenters. The Morgan fingerprint density at radius 1 is 1.29 bits per heavy atom. The Bertz CT molecular complexity index is 565. The number of rotatable bonds is 3. The summed E-state index contributed by atoms with van der Waals surface area (Å²) in [7, 11) is 0. The fourth-order valence-electron chi connectivity index (χ4n) is 1.38. The van der Waals surface area contributed by atoms with Crippen LogP contribution in [0, 0.1) is 0 Å². The highest BCUT2D eigenvalue weighted by molar-refractivity contribution is 9.10. The van der Waals surface area contributed by atoms with Gasteiger partial charge in [-0.2, -0.15) is 0 Å². The molecular weight excluding hydrogens is 387 g/mol. The lowest BCUT2D eigenvalue weighted by molar-refractivity contribution is 0.0994. The zero-order valence-electron chi connectivity index (χ0n) is 8.54. The minimum absolute atomic E-state index is 0.0942. The summed E-state index contributed by atoms with van der Waals surface area (Å²) in [5, 5.41) is 2.58. The maximum atomic E-state index is 12.0. The Hall–Kier alpha value is -0.160. The van der Waals surface area contributed by atoms with Crippen molar-refractivity contribution < 1.29 is 4.79 Å². The van der Waals surface area contributed by atoms with Gasteiger partial charge in [0.1, 0.15) is 0 Å². The maximum absolute atomic E-state index is 12.0. The summed E-state index contributed by atoms with van der Waals surface area (Å²) in [6.45, 7) is 0. The molecule has 0 aliphatic rings. The summed E-state index contributed by atoms with van der Waals surface area (Å²) in [6, 6.07) is 7.20. The average molecular weight is 395 g/mol. The summed E-state index contributed by atoms with van der Waals surface area (Å²) in [5.41, 5.74) is 0.672. The van der Waals surface area contributed by atoms with Crippen molar-refractivity contribution in [3.8, 4) is 0 Å². The zero-order valence-corrected chi connectivity index (χ0v) is 13.3. The molecule has 0 saturated heterocycles. The van der Waals surface area contributed by atoms with E-state index in [2.05, 4.69) is 31.9 Å². The Balaban J connectivity index is 2.17. The Morgan fingerprint density at radius 3 is 2.65 bits per heavy atom. The van der Waals surface area contributed by atoms with Crippen LogP contribution in [0.1, 0.15) is 15.2 Å². The lowest BCUT2D eigenvalue weighted by atomic mass is 10.1. The molecular formula is C12H7Br2ClOS. The predicted octanol–water partition coefficient (Wildman–Crippen LogP) is 5.35. The van der Waals surface area contributed by atoms with Gasteiger partial charge in [0.2, 0.25) is 0 Å². The van der Waals surface area contributed by atoms with Gasteiger partial charge in [-0.15, -0.1) is 11.3 Å². The van der Waals surface area contributed by atoms with Crippen LogP contribution in [0.25, 0.3) is 0 Å². The van der Waals surface area contributed by atoms with Crippen molar-refractivity contribution in [2.45, 2.75) is 6.42 Å². The van der Waals surface area contributed by atoms with Crippen molar-refractivity contribution in [2.75, 3.05) is 0 Å². The van der Waals surface area contributed by atoms with E-state index < -0.39 is 0 Å². The van der Waals surface area contributed by atoms with E-state index in [4.69, 9.17) is 11.6 Å². The van der Waals surface area contributed by atoms with Crippen LogP contribution in [-0.4, -0.2) is 5.78 Å². The molecule has 0 radical (unpaired) electrons. The van der Waals surface area contributed by atoms with Gasteiger partial charge in [-0.3, -0.25) is 4.79 Å². The van der Waals surface area contributed by atoms with E-state index in [-0.39, 0.29) is 5.78 Å². The largest absolute Gasteiger partial charge is 0.294 e. The number of ketones is 1. The Labute approximate surface area is 125 Å². The minimum Gasteiger partial charge on any atom is -0.294 e. The van der Waals surface area contributed by atoms with E-state index in [0.717, 1.165) is 13.8 Å². The van der Waals surface area contributed by atoms with Gasteiger partial charge in [-0.25, -0.2) is 0 Å². The lowest BCUT2D eigenvalue weighted by Crippen LogP contribution is -2.02. The van der Waals surface area contributed by atoms with Crippen LogP contribution in [0.5, 0.6) is 0 Å². The van der Waals surface area contributed by atoms with Crippen molar-refractivity contribution in [2.24, 2.45) is 0 Å². The molecule has 1 aromatic heterocycles. The third-order valence-electron chi connectivity index (χ3n) is 2.20. The first kappa shape index (κ1) is 13.3. The highest BCUT2D eigenvalue weighted by Gasteiger charge is 2.10. The first-order valence-electron chi connectivity index (χ1n) is 4.77. The quantitative estimate of drug-likeness (QED) is 0.641. The predicted molar refractivity (Wildman–Crippen MR) is 79.2 cm³/mol. The molecule has 88 valence electrons. The minimum atomic E-state index is 0.0942. The highest BCUT2D eigenvalue weighted by atomic mass is 79.9. The molecule has 0 bridgehead atoms. The zero-order chi connectivity index (χ0) is 12.4. The van der Waals surface area contributed by atoms with E-state index in [1.54, 1.807) is 29.5 Å². The van der Waals surface area contributed by atoms with E-state index >= 15 is 0 Å². The summed E-state index contributed by atoms with van der Waals surface area (Å²) >= 11 is 14.1. The SMILES string of the molecule is O=C(Cc1cc(Br)cs1)c1ccc(Cl)c(Br)c1. The van der Waals surface area contributed by atoms with Crippen molar-refractivity contribution in [1.29, 1.82) is 0 Å². The molecule has 0 spiro atoms. The van der Waals surface area contributed by atoms with Crippen LogP contribution in [0.2, 0.25) is 5.02 Å². The number of carbonyl (C=O) groups excluding carboxylic acids is 1. The monoisotopic (exact) mass is 392 g/mol. The smallest absolute Gasteiger partial charge is 0.168 e. The molecule has 0 fully saturated rings. The molecule has 0 aliphatic carbocycles. The van der Waals surface area contributed by atoms with Gasteiger partial charge >= 0.3 is 0 Å². The first-order valence-corrected chi connectivity index (χ1v) is 7.62. The first-order chi connectivity index (χ1) is 8.06. The topological polar surface area (TPSA) is 17.1 Å². The second kappa shape index (κ2) is 5.65. The fourth-order valence-corrected chi connectivity index (χ4v) is 3.32. The number of carbonyl (C=O) groups is 1. The van der Waals surface area contributed by atoms with E-state index in [0.29, 0.717) is 17.0 Å². The molecule has 1 nitrogen and oxygen atoms in total. The highest BCUT2D eigenvalue weighted by Crippen LogP contribution is 2.25. The third kappa shape index (κ3) is 3.41. The van der Waals surface area contributed by atoms with Gasteiger partial charge in [-0.05, 0) is 56.1 Å². The summed E-state index contributed by atoms with van der Waals surface area (Å²) in [4.78, 5) is 13.1. The van der Waals surface area contributed by atoms with Crippen molar-refractivity contribution in [1.82, 2.24) is 0 Å². The van der Waals surface area contributed by atoms with Gasteiger partial charge in [0.05, 0.1) is 5.02 Å². The number of hydrogen-bond acceptors (Lipinski definition) is 2. The van der Waals surface area contributed by atoms with Gasteiger partial charge in [0.25, 0.3) is 0 Å². The normalized spacial score (nSPS) is 10.5. The Kier molecular flexibility index (Phi) is 4.42. The van der Waals surface area contributed by atoms with E-state index in [1.165, 1.54) is 0 Å². The van der Waals surface area contributed by atoms with Crippen LogP contribution in [-0.2, 0) is 6.42 Å². The van der Waals surface area contributed by atoms with Crippen LogP contribution >= 0.6 is 54.8 Å². The molecule has 0 N–H and O–H groups in total. The molecule has 5 heteroatoms. The molecule has 0 aliphatic heterocycles. The number of halogens is 3. The fraction of sp³-hybridized carbons (Fsp3) is 0.0833. The molecule has 2 aromatic rings. The van der Waals surface area contributed by atoms with Crippen LogP contribution in [0.3, 0.4) is 0 Å². The molecule has 0 atom stereocenters. The maximum Gasteiger partial charge on any atom is 0.168 e. The number of benzene rings is 1.